The predicted molar refractivity (Wildman–Crippen MR) is 140 cm³/mol. The molecule has 7 aromatic rings. The van der Waals surface area contributed by atoms with Crippen molar-refractivity contribution in [2.75, 3.05) is 0 Å². The van der Waals surface area contributed by atoms with Gasteiger partial charge in [0.1, 0.15) is 5.65 Å². The lowest BCUT2D eigenvalue weighted by Gasteiger charge is -2.11. The van der Waals surface area contributed by atoms with Crippen molar-refractivity contribution < 1.29 is 0 Å². The molecular weight excluding hydrogens is 428 g/mol. The van der Waals surface area contributed by atoms with Crippen molar-refractivity contribution in [1.82, 2.24) is 19.4 Å². The van der Waals surface area contributed by atoms with E-state index in [4.69, 9.17) is 4.98 Å². The number of benzene rings is 3. The van der Waals surface area contributed by atoms with E-state index in [-0.39, 0.29) is 0 Å². The van der Waals surface area contributed by atoms with Crippen LogP contribution in [0.15, 0.2) is 85.5 Å². The monoisotopic (exact) mass is 446 g/mol. The average molecular weight is 447 g/mol. The summed E-state index contributed by atoms with van der Waals surface area (Å²) in [5.74, 6) is 0. The van der Waals surface area contributed by atoms with E-state index >= 15 is 0 Å². The summed E-state index contributed by atoms with van der Waals surface area (Å²) in [6.45, 7) is 0. The highest BCUT2D eigenvalue weighted by molar-refractivity contribution is 6.15. The lowest BCUT2D eigenvalue weighted by Crippen LogP contribution is -1.93. The molecule has 3 aromatic carbocycles. The van der Waals surface area contributed by atoms with Crippen LogP contribution in [0.4, 0.5) is 0 Å². The first-order valence-corrected chi connectivity index (χ1v) is 12.0. The van der Waals surface area contributed by atoms with E-state index in [1.807, 2.05) is 30.9 Å². The Morgan fingerprint density at radius 3 is 2.34 bits per heavy atom. The molecule has 0 atom stereocenters. The summed E-state index contributed by atoms with van der Waals surface area (Å²) in [5, 5.41) is 3.52. The summed E-state index contributed by atoms with van der Waals surface area (Å²) < 4.78 is 2.24. The zero-order valence-electron chi connectivity index (χ0n) is 18.8. The van der Waals surface area contributed by atoms with Crippen molar-refractivity contribution in [2.45, 2.75) is 12.8 Å². The number of imidazole rings is 1. The third kappa shape index (κ3) is 2.15. The van der Waals surface area contributed by atoms with Crippen molar-refractivity contribution in [2.24, 2.45) is 0 Å². The minimum Gasteiger partial charge on any atom is -0.290 e. The smallest absolute Gasteiger partial charge is 0.146 e. The Labute approximate surface area is 200 Å². The first-order chi connectivity index (χ1) is 17.3. The van der Waals surface area contributed by atoms with Gasteiger partial charge < -0.3 is 0 Å². The highest BCUT2D eigenvalue weighted by atomic mass is 15.0. The van der Waals surface area contributed by atoms with E-state index in [1.165, 1.54) is 55.3 Å². The second kappa shape index (κ2) is 6.10. The molecule has 0 radical (unpaired) electrons. The van der Waals surface area contributed by atoms with Gasteiger partial charge in [0.05, 0.1) is 22.7 Å². The molecule has 4 heteroatoms. The van der Waals surface area contributed by atoms with Gasteiger partial charge in [-0.2, -0.15) is 0 Å². The van der Waals surface area contributed by atoms with Gasteiger partial charge in [-0.3, -0.25) is 14.4 Å². The molecule has 4 nitrogen and oxygen atoms in total. The Kier molecular flexibility index (Phi) is 3.11. The van der Waals surface area contributed by atoms with Crippen molar-refractivity contribution in [3.8, 4) is 22.3 Å². The summed E-state index contributed by atoms with van der Waals surface area (Å²) in [4.78, 5) is 13.9. The average Bonchev–Trinajstić information content (AvgIpc) is 3.59. The Bertz CT molecular complexity index is 2070. The van der Waals surface area contributed by atoms with Gasteiger partial charge in [-0.25, -0.2) is 4.98 Å². The third-order valence-corrected chi connectivity index (χ3v) is 8.03. The molecule has 162 valence electrons. The van der Waals surface area contributed by atoms with Crippen LogP contribution in [0, 0.1) is 0 Å². The summed E-state index contributed by atoms with van der Waals surface area (Å²) in [7, 11) is 0. The van der Waals surface area contributed by atoms with Gasteiger partial charge in [-0.05, 0) is 87.0 Å². The maximum Gasteiger partial charge on any atom is 0.146 e. The van der Waals surface area contributed by atoms with Gasteiger partial charge in [-0.15, -0.1) is 0 Å². The molecule has 0 unspecified atom stereocenters. The maximum atomic E-state index is 5.06. The molecule has 0 saturated heterocycles. The minimum absolute atomic E-state index is 0.963. The van der Waals surface area contributed by atoms with E-state index in [2.05, 4.69) is 69.0 Å². The number of pyridine rings is 3. The van der Waals surface area contributed by atoms with Crippen LogP contribution < -0.4 is 0 Å². The minimum atomic E-state index is 0.963. The predicted octanol–water partition coefficient (Wildman–Crippen LogP) is 6.73. The third-order valence-electron chi connectivity index (χ3n) is 8.03. The topological polar surface area (TPSA) is 43.1 Å². The molecule has 4 aromatic heterocycles. The first kappa shape index (κ1) is 17.8. The summed E-state index contributed by atoms with van der Waals surface area (Å²) in [5.41, 5.74) is 15.4. The maximum absolute atomic E-state index is 5.06. The molecule has 0 N–H and O–H groups in total. The first-order valence-electron chi connectivity index (χ1n) is 12.0. The van der Waals surface area contributed by atoms with Crippen LogP contribution in [-0.2, 0) is 12.8 Å². The Hall–Kier alpha value is -4.57. The van der Waals surface area contributed by atoms with Crippen LogP contribution >= 0.6 is 0 Å². The van der Waals surface area contributed by atoms with E-state index < -0.39 is 0 Å². The molecule has 0 bridgehead atoms. The van der Waals surface area contributed by atoms with Crippen molar-refractivity contribution in [3.05, 3.63) is 108 Å². The van der Waals surface area contributed by atoms with E-state index in [0.717, 1.165) is 40.4 Å². The molecule has 9 rings (SSSR count). The van der Waals surface area contributed by atoms with Crippen LogP contribution in [0.25, 0.3) is 60.6 Å². The van der Waals surface area contributed by atoms with Crippen LogP contribution in [0.1, 0.15) is 22.3 Å². The molecule has 2 aliphatic carbocycles. The molecule has 0 aliphatic heterocycles. The number of nitrogens with zero attached hydrogens (tertiary/aromatic N) is 4. The quantitative estimate of drug-likeness (QED) is 0.243. The van der Waals surface area contributed by atoms with Crippen molar-refractivity contribution in [1.29, 1.82) is 0 Å². The van der Waals surface area contributed by atoms with E-state index in [9.17, 15) is 0 Å². The van der Waals surface area contributed by atoms with Gasteiger partial charge in [-0.1, -0.05) is 36.4 Å². The van der Waals surface area contributed by atoms with Crippen molar-refractivity contribution in [3.63, 3.8) is 0 Å². The molecule has 0 fully saturated rings. The Balaban J connectivity index is 1.38. The second-order valence-electron chi connectivity index (χ2n) is 9.71. The van der Waals surface area contributed by atoms with Crippen LogP contribution in [0.3, 0.4) is 0 Å². The lowest BCUT2D eigenvalue weighted by atomic mass is 9.96. The fourth-order valence-electron chi connectivity index (χ4n) is 6.51. The normalized spacial score (nSPS) is 13.5. The summed E-state index contributed by atoms with van der Waals surface area (Å²) in [6.07, 6.45) is 9.56. The van der Waals surface area contributed by atoms with Gasteiger partial charge in [0, 0.05) is 29.4 Å². The molecule has 0 saturated carbocycles. The van der Waals surface area contributed by atoms with E-state index in [0.29, 0.717) is 0 Å². The number of fused-ring (bicyclic) bond motifs is 15. The fraction of sp³-hybridized carbons (Fsp3) is 0.0645. The molecule has 4 heterocycles. The van der Waals surface area contributed by atoms with Crippen LogP contribution in [-0.4, -0.2) is 19.4 Å². The molecular formula is C31H18N4. The molecule has 0 spiro atoms. The van der Waals surface area contributed by atoms with Gasteiger partial charge in [0.2, 0.25) is 0 Å². The van der Waals surface area contributed by atoms with Crippen LogP contribution in [0.5, 0.6) is 0 Å². The number of rotatable bonds is 0. The van der Waals surface area contributed by atoms with Gasteiger partial charge in [0.15, 0.2) is 0 Å². The number of aromatic nitrogens is 4. The lowest BCUT2D eigenvalue weighted by molar-refractivity contribution is 1.16. The van der Waals surface area contributed by atoms with Crippen LogP contribution in [0.2, 0.25) is 0 Å². The Morgan fingerprint density at radius 1 is 0.600 bits per heavy atom. The van der Waals surface area contributed by atoms with Crippen molar-refractivity contribution >= 4 is 38.4 Å². The number of hydrogen-bond acceptors (Lipinski definition) is 3. The standard InChI is InChI=1S/C31H18N4/c1-2-4-19-17(3-1)11-23-20(19)5-6-21-22-14-25-26(13-18(22)12-24(21)23)31-34-28-7-9-33-16-30(28)35(31)29-8-10-32-15-27(25)29/h1-10,13-16H,11-12H2. The highest BCUT2D eigenvalue weighted by Crippen LogP contribution is 2.48. The summed E-state index contributed by atoms with van der Waals surface area (Å²) in [6, 6.07) is 22.3. The molecule has 35 heavy (non-hydrogen) atoms. The zero-order valence-corrected chi connectivity index (χ0v) is 18.8. The fourth-order valence-corrected chi connectivity index (χ4v) is 6.51. The van der Waals surface area contributed by atoms with E-state index in [1.54, 1.807) is 0 Å². The highest BCUT2D eigenvalue weighted by Gasteiger charge is 2.28. The molecule has 2 aliphatic rings. The van der Waals surface area contributed by atoms with Gasteiger partial charge >= 0.3 is 0 Å². The Morgan fingerprint density at radius 2 is 1.40 bits per heavy atom. The zero-order chi connectivity index (χ0) is 22.7. The SMILES string of the molecule is c1ccc2c(c1)Cc1c-2ccc2c1Cc1cc3c(cc1-2)c1cnccc1n1c2cnccc2nc31. The summed E-state index contributed by atoms with van der Waals surface area (Å²) >= 11 is 0. The van der Waals surface area contributed by atoms with Gasteiger partial charge in [0.25, 0.3) is 0 Å². The number of hydrogen-bond donors (Lipinski definition) is 0. The second-order valence-corrected chi connectivity index (χ2v) is 9.71. The molecule has 0 amide bonds. The largest absolute Gasteiger partial charge is 0.290 e.